The van der Waals surface area contributed by atoms with Gasteiger partial charge in [0.2, 0.25) is 5.78 Å². The molecule has 0 N–H and O–H groups in total. The van der Waals surface area contributed by atoms with Gasteiger partial charge in [-0.25, -0.2) is 0 Å². The summed E-state index contributed by atoms with van der Waals surface area (Å²) in [5, 5.41) is 2.13. The van der Waals surface area contributed by atoms with E-state index in [-0.39, 0.29) is 11.7 Å². The van der Waals surface area contributed by atoms with E-state index in [0.29, 0.717) is 6.54 Å². The first-order valence-corrected chi connectivity index (χ1v) is 7.66. The molecule has 1 heterocycles. The number of hydrogen-bond acceptors (Lipinski definition) is 1. The molecule has 110 valence electrons. The number of carbonyl (C=O) groups is 1. The van der Waals surface area contributed by atoms with E-state index in [1.165, 1.54) is 5.56 Å². The van der Waals surface area contributed by atoms with E-state index in [0.717, 1.165) is 16.5 Å². The molecule has 0 fully saturated rings. The molecule has 0 aliphatic carbocycles. The maximum absolute atomic E-state index is 12.7. The normalized spacial score (nSPS) is 11.0. The van der Waals surface area contributed by atoms with E-state index in [9.17, 15) is 4.79 Å². The number of hydrogen-bond donors (Lipinski definition) is 0. The van der Waals surface area contributed by atoms with E-state index in [1.807, 2.05) is 56.4 Å². The van der Waals surface area contributed by atoms with Crippen LogP contribution >= 0.6 is 0 Å². The van der Waals surface area contributed by atoms with Crippen LogP contribution < -0.4 is 4.57 Å². The number of fused-ring (bicyclic) bond motifs is 1. The van der Waals surface area contributed by atoms with Gasteiger partial charge in [-0.1, -0.05) is 62.4 Å². The Morgan fingerprint density at radius 3 is 2.36 bits per heavy atom. The van der Waals surface area contributed by atoms with Gasteiger partial charge in [-0.15, -0.1) is 0 Å². The quantitative estimate of drug-likeness (QED) is 0.525. The van der Waals surface area contributed by atoms with Crippen LogP contribution in [0, 0.1) is 5.92 Å². The second-order valence-electron chi connectivity index (χ2n) is 5.88. The second kappa shape index (κ2) is 6.10. The summed E-state index contributed by atoms with van der Waals surface area (Å²) in [4.78, 5) is 12.7. The summed E-state index contributed by atoms with van der Waals surface area (Å²) in [6.45, 7) is 4.62. The van der Waals surface area contributed by atoms with Crippen molar-refractivity contribution >= 4 is 16.6 Å². The van der Waals surface area contributed by atoms with Gasteiger partial charge in [-0.05, 0) is 11.5 Å². The summed E-state index contributed by atoms with van der Waals surface area (Å²) in [5.41, 5.74) is 2.00. The number of aromatic nitrogens is 1. The van der Waals surface area contributed by atoms with E-state index < -0.39 is 0 Å². The van der Waals surface area contributed by atoms with Crippen LogP contribution in [0.4, 0.5) is 0 Å². The Kier molecular flexibility index (Phi) is 4.01. The molecule has 2 aromatic carbocycles. The molecule has 0 unspecified atom stereocenters. The summed E-state index contributed by atoms with van der Waals surface area (Å²) in [6.07, 6.45) is 2.02. The Balaban J connectivity index is 2.17. The van der Waals surface area contributed by atoms with Crippen molar-refractivity contribution in [2.24, 2.45) is 5.92 Å². The molecular weight excluding hydrogens is 270 g/mol. The minimum Gasteiger partial charge on any atom is -0.287 e. The van der Waals surface area contributed by atoms with Gasteiger partial charge in [-0.3, -0.25) is 4.79 Å². The van der Waals surface area contributed by atoms with Gasteiger partial charge in [0, 0.05) is 17.5 Å². The van der Waals surface area contributed by atoms with Crippen LogP contribution in [0.1, 0.15) is 29.9 Å². The molecule has 0 saturated carbocycles. The summed E-state index contributed by atoms with van der Waals surface area (Å²) in [6, 6.07) is 20.4. The van der Waals surface area contributed by atoms with Crippen molar-refractivity contribution in [3.8, 4) is 0 Å². The van der Waals surface area contributed by atoms with Crippen molar-refractivity contribution in [1.29, 1.82) is 0 Å². The average molecular weight is 290 g/mol. The predicted molar refractivity (Wildman–Crippen MR) is 88.9 cm³/mol. The van der Waals surface area contributed by atoms with Gasteiger partial charge in [-0.2, -0.15) is 4.57 Å². The highest BCUT2D eigenvalue weighted by atomic mass is 16.1. The maximum Gasteiger partial charge on any atom is 0.257 e. The largest absolute Gasteiger partial charge is 0.287 e. The fraction of sp³-hybridized carbons (Fsp3) is 0.200. The molecule has 2 nitrogen and oxygen atoms in total. The summed E-state index contributed by atoms with van der Waals surface area (Å²) in [5.74, 6) is 0.167. The highest BCUT2D eigenvalue weighted by Crippen LogP contribution is 2.18. The van der Waals surface area contributed by atoms with Crippen LogP contribution in [0.25, 0.3) is 10.8 Å². The Labute approximate surface area is 131 Å². The number of rotatable bonds is 4. The molecule has 0 spiro atoms. The van der Waals surface area contributed by atoms with Gasteiger partial charge in [0.15, 0.2) is 12.7 Å². The topological polar surface area (TPSA) is 20.9 Å². The Morgan fingerprint density at radius 2 is 1.64 bits per heavy atom. The van der Waals surface area contributed by atoms with Gasteiger partial charge in [0.1, 0.15) is 0 Å². The molecule has 0 bridgehead atoms. The molecule has 3 aromatic rings. The number of benzene rings is 2. The number of ketones is 1. The SMILES string of the molecule is CC(C)C(=O)c1c2ccccc2cc[n+]1Cc1ccccc1. The highest BCUT2D eigenvalue weighted by molar-refractivity contribution is 6.05. The van der Waals surface area contributed by atoms with Gasteiger partial charge < -0.3 is 0 Å². The van der Waals surface area contributed by atoms with Crippen molar-refractivity contribution in [2.75, 3.05) is 0 Å². The standard InChI is InChI=1S/C20H20NO/c1-15(2)20(22)19-18-11-7-6-10-17(18)12-13-21(19)14-16-8-4-3-5-9-16/h3-13,15H,14H2,1-2H3/q+1. The van der Waals surface area contributed by atoms with Crippen LogP contribution in [0.15, 0.2) is 66.9 Å². The minimum atomic E-state index is -0.0205. The first-order valence-electron chi connectivity index (χ1n) is 7.66. The summed E-state index contributed by atoms with van der Waals surface area (Å²) in [7, 11) is 0. The Bertz CT molecular complexity index is 806. The molecule has 22 heavy (non-hydrogen) atoms. The molecule has 0 radical (unpaired) electrons. The fourth-order valence-corrected chi connectivity index (χ4v) is 2.72. The fourth-order valence-electron chi connectivity index (χ4n) is 2.72. The zero-order valence-electron chi connectivity index (χ0n) is 13.0. The van der Waals surface area contributed by atoms with Crippen molar-refractivity contribution in [2.45, 2.75) is 20.4 Å². The lowest BCUT2D eigenvalue weighted by atomic mass is 9.99. The van der Waals surface area contributed by atoms with Crippen LogP contribution in [0.3, 0.4) is 0 Å². The average Bonchev–Trinajstić information content (AvgIpc) is 2.55. The zero-order valence-corrected chi connectivity index (χ0v) is 13.0. The molecule has 2 heteroatoms. The van der Waals surface area contributed by atoms with E-state index in [1.54, 1.807) is 0 Å². The maximum atomic E-state index is 12.7. The summed E-state index contributed by atoms with van der Waals surface area (Å²) < 4.78 is 2.07. The first-order chi connectivity index (χ1) is 10.7. The van der Waals surface area contributed by atoms with Crippen LogP contribution in [-0.4, -0.2) is 5.78 Å². The third-order valence-electron chi connectivity index (χ3n) is 3.89. The molecule has 1 aromatic heterocycles. The van der Waals surface area contributed by atoms with Crippen molar-refractivity contribution in [3.63, 3.8) is 0 Å². The minimum absolute atomic E-state index is 0.0205. The lowest BCUT2D eigenvalue weighted by Gasteiger charge is -2.09. The van der Waals surface area contributed by atoms with E-state index >= 15 is 0 Å². The van der Waals surface area contributed by atoms with E-state index in [2.05, 4.69) is 28.8 Å². The van der Waals surface area contributed by atoms with Crippen LogP contribution in [0.2, 0.25) is 0 Å². The molecule has 0 amide bonds. The lowest BCUT2D eigenvalue weighted by molar-refractivity contribution is -0.688. The first kappa shape index (κ1) is 14.5. The van der Waals surface area contributed by atoms with Crippen LogP contribution in [0.5, 0.6) is 0 Å². The molecule has 0 aliphatic rings. The third-order valence-corrected chi connectivity index (χ3v) is 3.89. The number of Topliss-reactive ketones (excluding diaryl/α,β-unsaturated/α-hetero) is 1. The zero-order chi connectivity index (χ0) is 15.5. The molecule has 0 aliphatic heterocycles. The molecule has 3 rings (SSSR count). The van der Waals surface area contributed by atoms with Crippen molar-refractivity contribution in [1.82, 2.24) is 0 Å². The van der Waals surface area contributed by atoms with Crippen LogP contribution in [-0.2, 0) is 6.54 Å². The number of nitrogens with zero attached hydrogens (tertiary/aromatic N) is 1. The molecule has 0 atom stereocenters. The van der Waals surface area contributed by atoms with Crippen molar-refractivity contribution in [3.05, 3.63) is 78.1 Å². The Hall–Kier alpha value is -2.48. The van der Waals surface area contributed by atoms with E-state index in [4.69, 9.17) is 0 Å². The number of pyridine rings is 1. The number of carbonyl (C=O) groups excluding carboxylic acids is 1. The lowest BCUT2D eigenvalue weighted by Crippen LogP contribution is -2.41. The predicted octanol–water partition coefficient (Wildman–Crippen LogP) is 4.01. The smallest absolute Gasteiger partial charge is 0.257 e. The monoisotopic (exact) mass is 290 g/mol. The highest BCUT2D eigenvalue weighted by Gasteiger charge is 2.25. The molecular formula is C20H20NO+. The Morgan fingerprint density at radius 1 is 0.955 bits per heavy atom. The third kappa shape index (κ3) is 2.77. The van der Waals surface area contributed by atoms with Crippen molar-refractivity contribution < 1.29 is 9.36 Å². The van der Waals surface area contributed by atoms with Gasteiger partial charge >= 0.3 is 0 Å². The van der Waals surface area contributed by atoms with Gasteiger partial charge in [0.25, 0.3) is 5.69 Å². The molecule has 0 saturated heterocycles. The van der Waals surface area contributed by atoms with Gasteiger partial charge in [0.05, 0.1) is 5.39 Å². The summed E-state index contributed by atoms with van der Waals surface area (Å²) >= 11 is 0. The second-order valence-corrected chi connectivity index (χ2v) is 5.88.